The summed E-state index contributed by atoms with van der Waals surface area (Å²) >= 11 is 11.7. The van der Waals surface area contributed by atoms with Crippen LogP contribution in [-0.4, -0.2) is 19.6 Å². The Balaban J connectivity index is 2.73. The van der Waals surface area contributed by atoms with E-state index in [-0.39, 0.29) is 10.0 Å². The molecule has 1 N–H and O–H groups in total. The Labute approximate surface area is 115 Å². The molecule has 0 bridgehead atoms. The molecule has 0 fully saturated rings. The van der Waals surface area contributed by atoms with Gasteiger partial charge in [-0.3, -0.25) is 0 Å². The van der Waals surface area contributed by atoms with Crippen molar-refractivity contribution in [2.75, 3.05) is 19.0 Å². The number of benzene rings is 1. The largest absolute Gasteiger partial charge is 0.466 e. The molecule has 0 unspecified atom stereocenters. The van der Waals surface area contributed by atoms with Crippen molar-refractivity contribution in [3.63, 3.8) is 0 Å². The zero-order valence-corrected chi connectivity index (χ0v) is 11.4. The number of anilines is 1. The van der Waals surface area contributed by atoms with Gasteiger partial charge in [-0.25, -0.2) is 9.18 Å². The van der Waals surface area contributed by atoms with Gasteiger partial charge >= 0.3 is 5.97 Å². The monoisotopic (exact) mass is 291 g/mol. The van der Waals surface area contributed by atoms with Crippen LogP contribution in [0, 0.1) is 5.82 Å². The van der Waals surface area contributed by atoms with Gasteiger partial charge in [0, 0.05) is 12.1 Å². The minimum Gasteiger partial charge on any atom is -0.466 e. The highest BCUT2D eigenvalue weighted by Gasteiger charge is 2.08. The average molecular weight is 292 g/mol. The molecule has 0 aliphatic carbocycles. The van der Waals surface area contributed by atoms with Gasteiger partial charge in [0.15, 0.2) is 0 Å². The summed E-state index contributed by atoms with van der Waals surface area (Å²) in [5.41, 5.74) is 0.882. The normalized spacial score (nSPS) is 11.3. The van der Waals surface area contributed by atoms with Crippen molar-refractivity contribution in [2.24, 2.45) is 0 Å². The van der Waals surface area contributed by atoms with Gasteiger partial charge in [-0.2, -0.15) is 0 Å². The number of esters is 1. The molecule has 3 nitrogen and oxygen atoms in total. The molecule has 0 saturated heterocycles. The second kappa shape index (κ2) is 6.61. The summed E-state index contributed by atoms with van der Waals surface area (Å²) in [6, 6.07) is 2.32. The molecule has 1 aromatic rings. The molecule has 18 heavy (non-hydrogen) atoms. The molecule has 98 valence electrons. The summed E-state index contributed by atoms with van der Waals surface area (Å²) in [4.78, 5) is 11.1. The molecule has 0 heterocycles. The van der Waals surface area contributed by atoms with Gasteiger partial charge in [-0.1, -0.05) is 29.3 Å². The number of carbonyl (C=O) groups excluding carboxylic acids is 1. The lowest BCUT2D eigenvalue weighted by molar-refractivity contribution is -0.136. The predicted octanol–water partition coefficient (Wildman–Crippen LogP) is 3.66. The second-order valence-electron chi connectivity index (χ2n) is 3.50. The Morgan fingerprint density at radius 2 is 2.00 bits per heavy atom. The van der Waals surface area contributed by atoms with E-state index in [2.05, 4.69) is 10.1 Å². The van der Waals surface area contributed by atoms with Gasteiger partial charge in [0.1, 0.15) is 5.82 Å². The molecule has 0 aliphatic rings. The van der Waals surface area contributed by atoms with Crippen LogP contribution in [0.2, 0.25) is 10.0 Å². The number of methoxy groups -OCH3 is 1. The standard InChI is InChI=1S/C12H12Cl2FNO2/c1-7(12(17)18-2)3-4-16-11-9(13)5-8(15)6-10(11)14/h3,5-6,16H,4H2,1-2H3. The van der Waals surface area contributed by atoms with Crippen LogP contribution in [0.25, 0.3) is 0 Å². The lowest BCUT2D eigenvalue weighted by Crippen LogP contribution is -2.06. The lowest BCUT2D eigenvalue weighted by atomic mass is 10.2. The van der Waals surface area contributed by atoms with Crippen molar-refractivity contribution < 1.29 is 13.9 Å². The zero-order chi connectivity index (χ0) is 13.7. The number of carbonyl (C=O) groups is 1. The van der Waals surface area contributed by atoms with E-state index in [9.17, 15) is 9.18 Å². The Kier molecular flexibility index (Phi) is 5.44. The van der Waals surface area contributed by atoms with Gasteiger partial charge in [0.05, 0.1) is 22.8 Å². The van der Waals surface area contributed by atoms with E-state index in [1.165, 1.54) is 7.11 Å². The Morgan fingerprint density at radius 1 is 1.44 bits per heavy atom. The van der Waals surface area contributed by atoms with E-state index < -0.39 is 11.8 Å². The molecule has 0 aliphatic heterocycles. The molecule has 0 aromatic heterocycles. The van der Waals surface area contributed by atoms with E-state index in [0.29, 0.717) is 17.8 Å². The topological polar surface area (TPSA) is 38.3 Å². The number of hydrogen-bond donors (Lipinski definition) is 1. The van der Waals surface area contributed by atoms with Crippen molar-refractivity contribution in [1.29, 1.82) is 0 Å². The first-order valence-corrected chi connectivity index (χ1v) is 5.84. The Morgan fingerprint density at radius 3 is 2.50 bits per heavy atom. The fourth-order valence-electron chi connectivity index (χ4n) is 1.26. The summed E-state index contributed by atoms with van der Waals surface area (Å²) in [6.07, 6.45) is 1.63. The number of ether oxygens (including phenoxy) is 1. The highest BCUT2D eigenvalue weighted by molar-refractivity contribution is 6.39. The van der Waals surface area contributed by atoms with Crippen LogP contribution in [0.4, 0.5) is 10.1 Å². The number of rotatable bonds is 4. The summed E-state index contributed by atoms with van der Waals surface area (Å²) in [7, 11) is 1.31. The van der Waals surface area contributed by atoms with Gasteiger partial charge in [-0.05, 0) is 19.1 Å². The van der Waals surface area contributed by atoms with Crippen LogP contribution in [0.1, 0.15) is 6.92 Å². The predicted molar refractivity (Wildman–Crippen MR) is 70.7 cm³/mol. The quantitative estimate of drug-likeness (QED) is 0.680. The van der Waals surface area contributed by atoms with Crippen molar-refractivity contribution in [3.8, 4) is 0 Å². The maximum Gasteiger partial charge on any atom is 0.333 e. The zero-order valence-electron chi connectivity index (χ0n) is 9.89. The van der Waals surface area contributed by atoms with Crippen molar-refractivity contribution >= 4 is 34.9 Å². The molecule has 1 aromatic carbocycles. The van der Waals surface area contributed by atoms with E-state index >= 15 is 0 Å². The second-order valence-corrected chi connectivity index (χ2v) is 4.32. The van der Waals surface area contributed by atoms with Gasteiger partial charge in [0.25, 0.3) is 0 Å². The minimum atomic E-state index is -0.503. The van der Waals surface area contributed by atoms with Crippen molar-refractivity contribution in [3.05, 3.63) is 39.6 Å². The highest BCUT2D eigenvalue weighted by Crippen LogP contribution is 2.31. The molecule has 0 spiro atoms. The first-order valence-electron chi connectivity index (χ1n) is 5.09. The van der Waals surface area contributed by atoms with Crippen LogP contribution >= 0.6 is 23.2 Å². The van der Waals surface area contributed by atoms with E-state index in [1.807, 2.05) is 0 Å². The van der Waals surface area contributed by atoms with E-state index in [1.54, 1.807) is 13.0 Å². The third kappa shape index (κ3) is 3.89. The SMILES string of the molecule is COC(=O)C(C)=CCNc1c(Cl)cc(F)cc1Cl. The molecule has 0 radical (unpaired) electrons. The molecule has 0 amide bonds. The molecular formula is C12H12Cl2FNO2. The van der Waals surface area contributed by atoms with E-state index in [4.69, 9.17) is 23.2 Å². The molecule has 0 saturated carbocycles. The third-order valence-electron chi connectivity index (χ3n) is 2.20. The minimum absolute atomic E-state index is 0.184. The van der Waals surface area contributed by atoms with Crippen LogP contribution in [-0.2, 0) is 9.53 Å². The summed E-state index contributed by atoms with van der Waals surface area (Å²) in [6.45, 7) is 1.95. The van der Waals surface area contributed by atoms with Crippen LogP contribution in [0.5, 0.6) is 0 Å². The molecule has 0 atom stereocenters. The summed E-state index contributed by atoms with van der Waals surface area (Å²) in [5.74, 6) is -0.912. The fourth-order valence-corrected chi connectivity index (χ4v) is 1.86. The highest BCUT2D eigenvalue weighted by atomic mass is 35.5. The first kappa shape index (κ1) is 14.8. The summed E-state index contributed by atoms with van der Waals surface area (Å²) < 4.78 is 17.5. The van der Waals surface area contributed by atoms with Gasteiger partial charge in [-0.15, -0.1) is 0 Å². The molecule has 1 rings (SSSR count). The molecule has 6 heteroatoms. The number of halogens is 3. The van der Waals surface area contributed by atoms with Gasteiger partial charge < -0.3 is 10.1 Å². The fraction of sp³-hybridized carbons (Fsp3) is 0.250. The lowest BCUT2D eigenvalue weighted by Gasteiger charge is -2.09. The smallest absolute Gasteiger partial charge is 0.333 e. The molecular weight excluding hydrogens is 280 g/mol. The maximum atomic E-state index is 12.9. The van der Waals surface area contributed by atoms with Crippen LogP contribution in [0.15, 0.2) is 23.8 Å². The maximum absolute atomic E-state index is 12.9. The number of nitrogens with one attached hydrogen (secondary N) is 1. The van der Waals surface area contributed by atoms with Crippen LogP contribution < -0.4 is 5.32 Å². The van der Waals surface area contributed by atoms with Crippen molar-refractivity contribution in [2.45, 2.75) is 6.92 Å². The number of hydrogen-bond acceptors (Lipinski definition) is 3. The van der Waals surface area contributed by atoms with Crippen molar-refractivity contribution in [1.82, 2.24) is 0 Å². The van der Waals surface area contributed by atoms with Crippen LogP contribution in [0.3, 0.4) is 0 Å². The van der Waals surface area contributed by atoms with Gasteiger partial charge in [0.2, 0.25) is 0 Å². The Bertz CT molecular complexity index is 466. The summed E-state index contributed by atoms with van der Waals surface area (Å²) in [5, 5.41) is 3.27. The van der Waals surface area contributed by atoms with E-state index in [0.717, 1.165) is 12.1 Å². The average Bonchev–Trinajstić information content (AvgIpc) is 2.31. The third-order valence-corrected chi connectivity index (χ3v) is 2.80. The Hall–Kier alpha value is -1.26. The first-order chi connectivity index (χ1) is 8.45.